The fraction of sp³-hybridized carbons (Fsp3) is 0.471. The number of fused-ring (bicyclic) bond motifs is 1. The normalized spacial score (nSPS) is 21.2. The number of ether oxygens (including phenoxy) is 2. The van der Waals surface area contributed by atoms with Crippen molar-refractivity contribution in [2.24, 2.45) is 11.8 Å². The number of hydrogen-bond acceptors (Lipinski definition) is 5. The molecule has 0 spiro atoms. The summed E-state index contributed by atoms with van der Waals surface area (Å²) in [6.07, 6.45) is 6.10. The molecule has 6 nitrogen and oxygen atoms in total. The SMILES string of the molecule is COc1cc(-c2ccc([C@H]3CCc4ccc(C(C5CC5)[C@H](C)C(=O)O)cc4O3)cc2CN2CCC2(C)C)c(F)cn1. The van der Waals surface area contributed by atoms with Crippen molar-refractivity contribution in [2.75, 3.05) is 13.7 Å². The van der Waals surface area contributed by atoms with Crippen LogP contribution in [0.3, 0.4) is 0 Å². The number of aryl methyl sites for hydroxylation is 1. The van der Waals surface area contributed by atoms with Crippen LogP contribution in [0, 0.1) is 17.7 Å². The van der Waals surface area contributed by atoms with Crippen molar-refractivity contribution < 1.29 is 23.8 Å². The van der Waals surface area contributed by atoms with Gasteiger partial charge >= 0.3 is 5.97 Å². The zero-order valence-corrected chi connectivity index (χ0v) is 24.3. The molecule has 0 radical (unpaired) electrons. The first kappa shape index (κ1) is 27.7. The lowest BCUT2D eigenvalue weighted by molar-refractivity contribution is -0.142. The molecule has 7 heteroatoms. The number of pyridine rings is 1. The van der Waals surface area contributed by atoms with E-state index in [4.69, 9.17) is 9.47 Å². The Morgan fingerprint density at radius 1 is 1.17 bits per heavy atom. The van der Waals surface area contributed by atoms with Crippen molar-refractivity contribution in [3.05, 3.63) is 76.7 Å². The highest BCUT2D eigenvalue weighted by Crippen LogP contribution is 2.48. The fourth-order valence-corrected chi connectivity index (χ4v) is 6.57. The summed E-state index contributed by atoms with van der Waals surface area (Å²) >= 11 is 0. The molecule has 1 aromatic heterocycles. The van der Waals surface area contributed by atoms with Crippen LogP contribution in [-0.2, 0) is 17.8 Å². The second kappa shape index (κ2) is 10.8. The summed E-state index contributed by atoms with van der Waals surface area (Å²) in [5, 5.41) is 9.74. The van der Waals surface area contributed by atoms with Gasteiger partial charge in [0.15, 0.2) is 0 Å². The molecule has 2 aliphatic heterocycles. The molecule has 1 saturated carbocycles. The molecule has 41 heavy (non-hydrogen) atoms. The smallest absolute Gasteiger partial charge is 0.306 e. The zero-order valence-electron chi connectivity index (χ0n) is 24.3. The van der Waals surface area contributed by atoms with Crippen LogP contribution < -0.4 is 9.47 Å². The Morgan fingerprint density at radius 3 is 2.63 bits per heavy atom. The summed E-state index contributed by atoms with van der Waals surface area (Å²) in [5.41, 5.74) is 5.75. The van der Waals surface area contributed by atoms with Crippen molar-refractivity contribution in [2.45, 2.75) is 77.0 Å². The van der Waals surface area contributed by atoms with Gasteiger partial charge in [-0.1, -0.05) is 37.3 Å². The number of aromatic nitrogens is 1. The van der Waals surface area contributed by atoms with Crippen molar-refractivity contribution in [1.29, 1.82) is 0 Å². The van der Waals surface area contributed by atoms with Gasteiger partial charge in [-0.25, -0.2) is 9.37 Å². The highest BCUT2D eigenvalue weighted by atomic mass is 19.1. The van der Waals surface area contributed by atoms with Gasteiger partial charge in [0.25, 0.3) is 0 Å². The Balaban J connectivity index is 1.32. The number of hydrogen-bond donors (Lipinski definition) is 1. The number of rotatable bonds is 9. The third-order valence-electron chi connectivity index (χ3n) is 9.52. The second-order valence-corrected chi connectivity index (χ2v) is 12.6. The third kappa shape index (κ3) is 5.44. The third-order valence-corrected chi connectivity index (χ3v) is 9.52. The molecule has 1 saturated heterocycles. The summed E-state index contributed by atoms with van der Waals surface area (Å²) in [6, 6.07) is 14.2. The van der Waals surface area contributed by atoms with Gasteiger partial charge in [-0.2, -0.15) is 0 Å². The Labute approximate surface area is 241 Å². The predicted molar refractivity (Wildman–Crippen MR) is 156 cm³/mol. The first-order valence-electron chi connectivity index (χ1n) is 14.7. The van der Waals surface area contributed by atoms with Gasteiger partial charge in [0.2, 0.25) is 5.88 Å². The standard InChI is InChI=1S/C34H39FN2O4/c1-20(33(38)39)32(22-6-7-22)24-8-5-21-10-12-29(41-30(21)16-24)23-9-11-26(27-17-31(40-4)36-18-28(27)35)25(15-23)19-37-14-13-34(37,2)3/h5,8-9,11,15-18,20,22,29,32H,6-7,10,12-14,19H2,1-4H3,(H,38,39)/t20-,29+,32?/m0/s1. The van der Waals surface area contributed by atoms with E-state index in [1.165, 1.54) is 13.3 Å². The van der Waals surface area contributed by atoms with Crippen LogP contribution in [0.1, 0.15) is 80.7 Å². The summed E-state index contributed by atoms with van der Waals surface area (Å²) in [4.78, 5) is 18.3. The monoisotopic (exact) mass is 558 g/mol. The van der Waals surface area contributed by atoms with Crippen LogP contribution in [0.4, 0.5) is 4.39 Å². The molecule has 1 aliphatic carbocycles. The van der Waals surface area contributed by atoms with Gasteiger partial charge in [-0.15, -0.1) is 0 Å². The summed E-state index contributed by atoms with van der Waals surface area (Å²) in [7, 11) is 1.54. The molecule has 1 N–H and O–H groups in total. The van der Waals surface area contributed by atoms with Gasteiger partial charge in [0, 0.05) is 30.3 Å². The van der Waals surface area contributed by atoms with E-state index in [1.807, 2.05) is 19.1 Å². The molecule has 3 atom stereocenters. The minimum Gasteiger partial charge on any atom is -0.485 e. The fourth-order valence-electron chi connectivity index (χ4n) is 6.57. The lowest BCUT2D eigenvalue weighted by atomic mass is 9.82. The maximum atomic E-state index is 15.1. The average molecular weight is 559 g/mol. The molecule has 0 bridgehead atoms. The Kier molecular flexibility index (Phi) is 7.26. The van der Waals surface area contributed by atoms with Crippen molar-refractivity contribution in [3.8, 4) is 22.8 Å². The highest BCUT2D eigenvalue weighted by molar-refractivity contribution is 5.71. The molecule has 3 aromatic rings. The minimum absolute atomic E-state index is 0.000191. The van der Waals surface area contributed by atoms with E-state index in [9.17, 15) is 9.90 Å². The number of nitrogens with zero attached hydrogens (tertiary/aromatic N) is 2. The Morgan fingerprint density at radius 2 is 1.98 bits per heavy atom. The molecule has 6 rings (SSSR count). The van der Waals surface area contributed by atoms with Gasteiger partial charge in [0.05, 0.1) is 19.2 Å². The minimum atomic E-state index is -0.750. The van der Waals surface area contributed by atoms with Crippen LogP contribution in [0.2, 0.25) is 0 Å². The van der Waals surface area contributed by atoms with Crippen molar-refractivity contribution in [3.63, 3.8) is 0 Å². The number of halogens is 1. The van der Waals surface area contributed by atoms with Crippen LogP contribution in [0.25, 0.3) is 11.1 Å². The summed E-state index contributed by atoms with van der Waals surface area (Å²) in [5.74, 6) is 0.0878. The topological polar surface area (TPSA) is 71.9 Å². The van der Waals surface area contributed by atoms with Gasteiger partial charge in [-0.3, -0.25) is 9.69 Å². The molecule has 2 fully saturated rings. The lowest BCUT2D eigenvalue weighted by Crippen LogP contribution is -2.54. The van der Waals surface area contributed by atoms with Crippen molar-refractivity contribution >= 4 is 5.97 Å². The number of benzene rings is 2. The van der Waals surface area contributed by atoms with Crippen molar-refractivity contribution in [1.82, 2.24) is 9.88 Å². The summed E-state index contributed by atoms with van der Waals surface area (Å²) in [6.45, 7) is 8.03. The molecule has 2 aromatic carbocycles. The van der Waals surface area contributed by atoms with E-state index >= 15 is 4.39 Å². The van der Waals surface area contributed by atoms with Gasteiger partial charge in [-0.05, 0) is 91.7 Å². The molecule has 3 aliphatic rings. The van der Waals surface area contributed by atoms with Crippen LogP contribution in [0.5, 0.6) is 11.6 Å². The molecule has 0 amide bonds. The number of likely N-dealkylation sites (tertiary alicyclic amines) is 1. The van der Waals surface area contributed by atoms with E-state index < -0.39 is 11.9 Å². The van der Waals surface area contributed by atoms with E-state index in [1.54, 1.807) is 6.07 Å². The first-order valence-corrected chi connectivity index (χ1v) is 14.7. The first-order chi connectivity index (χ1) is 19.6. The number of methoxy groups -OCH3 is 1. The molecule has 3 heterocycles. The van der Waals surface area contributed by atoms with E-state index in [2.05, 4.69) is 48.0 Å². The Hall–Kier alpha value is -3.45. The average Bonchev–Trinajstić information content (AvgIpc) is 3.80. The number of carboxylic acids is 1. The highest BCUT2D eigenvalue weighted by Gasteiger charge is 2.39. The largest absolute Gasteiger partial charge is 0.485 e. The number of aliphatic carboxylic acids is 1. The van der Waals surface area contributed by atoms with Crippen LogP contribution >= 0.6 is 0 Å². The predicted octanol–water partition coefficient (Wildman–Crippen LogP) is 7.16. The van der Waals surface area contributed by atoms with Gasteiger partial charge in [0.1, 0.15) is 17.7 Å². The van der Waals surface area contributed by atoms with E-state index in [0.717, 1.165) is 72.2 Å². The van der Waals surface area contributed by atoms with Crippen LogP contribution in [-0.4, -0.2) is 40.2 Å². The van der Waals surface area contributed by atoms with Gasteiger partial charge < -0.3 is 14.6 Å². The van der Waals surface area contributed by atoms with E-state index in [0.29, 0.717) is 23.9 Å². The maximum absolute atomic E-state index is 15.1. The van der Waals surface area contributed by atoms with Crippen LogP contribution in [0.15, 0.2) is 48.7 Å². The number of carbonyl (C=O) groups is 1. The summed E-state index contributed by atoms with van der Waals surface area (Å²) < 4.78 is 27.0. The lowest BCUT2D eigenvalue weighted by Gasteiger charge is -2.49. The maximum Gasteiger partial charge on any atom is 0.306 e. The molecular weight excluding hydrogens is 519 g/mol. The molecule has 216 valence electrons. The number of carboxylic acid groups (broad SMARTS) is 1. The zero-order chi connectivity index (χ0) is 28.9. The second-order valence-electron chi connectivity index (χ2n) is 12.6. The Bertz CT molecular complexity index is 1470. The van der Waals surface area contributed by atoms with E-state index in [-0.39, 0.29) is 23.4 Å². The quantitative estimate of drug-likeness (QED) is 0.300. The molecule has 1 unspecified atom stereocenters. The molecular formula is C34H39FN2O4.